The van der Waals surface area contributed by atoms with Crippen molar-refractivity contribution in [3.8, 4) is 23.0 Å². The van der Waals surface area contributed by atoms with Crippen LogP contribution in [0.2, 0.25) is 0 Å². The van der Waals surface area contributed by atoms with Gasteiger partial charge in [-0.3, -0.25) is 0 Å². The van der Waals surface area contributed by atoms with Crippen LogP contribution in [0.4, 0.5) is 11.6 Å². The minimum Gasteiger partial charge on any atom is -0.493 e. The predicted octanol–water partition coefficient (Wildman–Crippen LogP) is 5.43. The Morgan fingerprint density at radius 3 is 1.35 bits per heavy atom. The number of hydrogen-bond acceptors (Lipinski definition) is 13. The van der Waals surface area contributed by atoms with Gasteiger partial charge in [0, 0.05) is 53.6 Å². The summed E-state index contributed by atoms with van der Waals surface area (Å²) in [6.07, 6.45) is 6.76. The summed E-state index contributed by atoms with van der Waals surface area (Å²) in [5.74, 6) is 4.90. The van der Waals surface area contributed by atoms with Crippen molar-refractivity contribution in [3.63, 3.8) is 0 Å². The van der Waals surface area contributed by atoms with Gasteiger partial charge in [0.25, 0.3) is 0 Å². The summed E-state index contributed by atoms with van der Waals surface area (Å²) in [5.41, 5.74) is 1.61. The highest BCUT2D eigenvalue weighted by molar-refractivity contribution is 7.33. The van der Waals surface area contributed by atoms with Crippen LogP contribution in [-0.2, 0) is 13.6 Å². The molecule has 244 valence electrons. The number of anilines is 2. The molecule has 0 atom stereocenters. The number of benzene rings is 2. The molecule has 2 aromatic heterocycles. The van der Waals surface area contributed by atoms with Gasteiger partial charge in [0.1, 0.15) is 37.5 Å². The number of hydrogen-bond donors (Lipinski definition) is 0. The molecule has 0 aliphatic carbocycles. The normalized spacial score (nSPS) is 16.2. The van der Waals surface area contributed by atoms with Crippen molar-refractivity contribution in [2.75, 3.05) is 77.6 Å². The topological polar surface area (TPSA) is 130 Å². The maximum absolute atomic E-state index is 12.6. The molecule has 2 saturated heterocycles. The summed E-state index contributed by atoms with van der Waals surface area (Å²) in [4.78, 5) is 22.5. The van der Waals surface area contributed by atoms with Crippen LogP contribution in [0.1, 0.15) is 25.7 Å². The molecule has 6 rings (SSSR count). The molecule has 0 saturated carbocycles. The zero-order valence-corrected chi connectivity index (χ0v) is 27.6. The smallest absolute Gasteiger partial charge is 0.493 e. The Bertz CT molecular complexity index is 1560. The molecule has 46 heavy (non-hydrogen) atoms. The van der Waals surface area contributed by atoms with Gasteiger partial charge in [-0.05, 0) is 49.7 Å². The summed E-state index contributed by atoms with van der Waals surface area (Å²) in [6, 6.07) is 7.60. The molecule has 0 N–H and O–H groups in total. The van der Waals surface area contributed by atoms with E-state index in [4.69, 9.17) is 28.0 Å². The lowest BCUT2D eigenvalue weighted by Gasteiger charge is -2.32. The summed E-state index contributed by atoms with van der Waals surface area (Å²) < 4.78 is 45.8. The van der Waals surface area contributed by atoms with Crippen LogP contribution in [0, 0.1) is 11.8 Å². The van der Waals surface area contributed by atoms with Crippen molar-refractivity contribution in [1.82, 2.24) is 19.9 Å². The van der Waals surface area contributed by atoms with Crippen LogP contribution in [0.25, 0.3) is 21.8 Å². The highest BCUT2D eigenvalue weighted by atomic mass is 31.1. The molecule has 0 radical (unpaired) electrons. The molecule has 13 nitrogen and oxygen atoms in total. The molecule has 4 heterocycles. The fourth-order valence-electron chi connectivity index (χ4n) is 6.24. The van der Waals surface area contributed by atoms with E-state index in [-0.39, 0.29) is 0 Å². The summed E-state index contributed by atoms with van der Waals surface area (Å²) in [7, 11) is 4.29. The molecular formula is C32H40N6O7P+. The molecule has 2 aliphatic rings. The first kappa shape index (κ1) is 31.9. The van der Waals surface area contributed by atoms with Gasteiger partial charge < -0.3 is 28.7 Å². The maximum atomic E-state index is 12.6. The van der Waals surface area contributed by atoms with E-state index in [9.17, 15) is 4.57 Å². The third-order valence-corrected chi connectivity index (χ3v) is 9.62. The van der Waals surface area contributed by atoms with E-state index in [2.05, 4.69) is 29.7 Å². The second-order valence-corrected chi connectivity index (χ2v) is 12.5. The molecule has 2 aliphatic heterocycles. The molecule has 2 fully saturated rings. The number of aromatic nitrogens is 4. The van der Waals surface area contributed by atoms with Crippen molar-refractivity contribution in [1.29, 1.82) is 0 Å². The molecule has 2 aromatic carbocycles. The number of rotatable bonds is 12. The van der Waals surface area contributed by atoms with Gasteiger partial charge in [-0.1, -0.05) is 0 Å². The highest BCUT2D eigenvalue weighted by Crippen LogP contribution is 2.38. The van der Waals surface area contributed by atoms with E-state index < -0.39 is 8.25 Å². The van der Waals surface area contributed by atoms with E-state index in [1.165, 1.54) is 0 Å². The molecular weight excluding hydrogens is 611 g/mol. The molecule has 0 amide bonds. The standard InChI is InChI=1S/C32H40N6O7P/c1-40-27-13-23-25(15-29(27)42-3)33-19-35-31(23)37-9-5-21(6-10-37)17-44-46(39)45-18-22-7-11-38(12-8-22)32-24-14-28(41-2)30(43-4)16-26(24)34-20-36-32/h13-16,19-22H,5-12,17-18H2,1-4H3/q+1. The number of nitrogens with zero attached hydrogens (tertiary/aromatic N) is 6. The Labute approximate surface area is 269 Å². The average molecular weight is 652 g/mol. The maximum Gasteiger partial charge on any atom is 0.697 e. The van der Waals surface area contributed by atoms with E-state index in [0.29, 0.717) is 48.0 Å². The van der Waals surface area contributed by atoms with Gasteiger partial charge >= 0.3 is 8.25 Å². The minimum atomic E-state index is -2.18. The van der Waals surface area contributed by atoms with Crippen molar-refractivity contribution in [3.05, 3.63) is 36.9 Å². The zero-order valence-electron chi connectivity index (χ0n) is 26.7. The SMILES string of the molecule is COc1cc2ncnc(N3CCC(CO[P+](=O)OCC4CCN(c5ncnc6cc(OC)c(OC)cc56)CC4)CC3)c2cc1OC. The number of fused-ring (bicyclic) bond motifs is 2. The van der Waals surface area contributed by atoms with Crippen LogP contribution in [-0.4, -0.2) is 87.8 Å². The minimum absolute atomic E-state index is 0.297. The molecule has 14 heteroatoms. The van der Waals surface area contributed by atoms with E-state index in [1.807, 2.05) is 24.3 Å². The molecule has 0 spiro atoms. The summed E-state index contributed by atoms with van der Waals surface area (Å²) in [6.45, 7) is 4.07. The third kappa shape index (κ3) is 6.86. The lowest BCUT2D eigenvalue weighted by atomic mass is 9.97. The quantitative estimate of drug-likeness (QED) is 0.181. The average Bonchev–Trinajstić information content (AvgIpc) is 3.11. The van der Waals surface area contributed by atoms with Crippen LogP contribution >= 0.6 is 8.25 Å². The molecule has 0 unspecified atom stereocenters. The van der Waals surface area contributed by atoms with Gasteiger partial charge in [0.05, 0.1) is 39.5 Å². The van der Waals surface area contributed by atoms with Gasteiger partial charge in [0.15, 0.2) is 23.0 Å². The van der Waals surface area contributed by atoms with Crippen molar-refractivity contribution >= 4 is 41.7 Å². The third-order valence-electron chi connectivity index (χ3n) is 8.90. The lowest BCUT2D eigenvalue weighted by molar-refractivity contribution is 0.161. The van der Waals surface area contributed by atoms with Crippen molar-refractivity contribution < 1.29 is 32.6 Å². The van der Waals surface area contributed by atoms with Gasteiger partial charge in [-0.15, -0.1) is 9.05 Å². The van der Waals surface area contributed by atoms with Crippen molar-refractivity contribution in [2.24, 2.45) is 11.8 Å². The first-order chi connectivity index (χ1) is 22.5. The van der Waals surface area contributed by atoms with E-state index in [0.717, 1.165) is 85.3 Å². The second-order valence-electron chi connectivity index (χ2n) is 11.5. The Morgan fingerprint density at radius 1 is 0.609 bits per heavy atom. The van der Waals surface area contributed by atoms with Gasteiger partial charge in [-0.2, -0.15) is 0 Å². The van der Waals surface area contributed by atoms with Crippen LogP contribution in [0.5, 0.6) is 23.0 Å². The van der Waals surface area contributed by atoms with Crippen LogP contribution < -0.4 is 28.7 Å². The Kier molecular flexibility index (Phi) is 10.1. The first-order valence-electron chi connectivity index (χ1n) is 15.5. The number of ether oxygens (including phenoxy) is 4. The molecule has 0 bridgehead atoms. The largest absolute Gasteiger partial charge is 0.697 e. The Morgan fingerprint density at radius 2 is 0.978 bits per heavy atom. The monoisotopic (exact) mass is 651 g/mol. The van der Waals surface area contributed by atoms with Gasteiger partial charge in [0.2, 0.25) is 0 Å². The lowest BCUT2D eigenvalue weighted by Crippen LogP contribution is -2.36. The highest BCUT2D eigenvalue weighted by Gasteiger charge is 2.30. The van der Waals surface area contributed by atoms with E-state index >= 15 is 0 Å². The first-order valence-corrected chi connectivity index (χ1v) is 16.6. The molecule has 4 aromatic rings. The Balaban J connectivity index is 0.951. The summed E-state index contributed by atoms with van der Waals surface area (Å²) >= 11 is 0. The number of piperidine rings is 2. The number of methoxy groups -OCH3 is 4. The Hall–Kier alpha value is -4.06. The zero-order chi connectivity index (χ0) is 32.0. The van der Waals surface area contributed by atoms with Crippen LogP contribution in [0.3, 0.4) is 0 Å². The summed E-state index contributed by atoms with van der Waals surface area (Å²) in [5, 5.41) is 1.84. The fourth-order valence-corrected chi connectivity index (χ4v) is 6.98. The van der Waals surface area contributed by atoms with Gasteiger partial charge in [-0.25, -0.2) is 19.9 Å². The van der Waals surface area contributed by atoms with Crippen LogP contribution in [0.15, 0.2) is 36.9 Å². The van der Waals surface area contributed by atoms with Crippen molar-refractivity contribution in [2.45, 2.75) is 25.7 Å². The fraction of sp³-hybridized carbons (Fsp3) is 0.500. The second kappa shape index (κ2) is 14.6. The van der Waals surface area contributed by atoms with E-state index in [1.54, 1.807) is 41.1 Å². The predicted molar refractivity (Wildman–Crippen MR) is 175 cm³/mol.